The van der Waals surface area contributed by atoms with Crippen molar-refractivity contribution >= 4 is 39.1 Å². The minimum Gasteiger partial charge on any atom is -0.497 e. The zero-order chi connectivity index (χ0) is 23.6. The van der Waals surface area contributed by atoms with E-state index in [4.69, 9.17) is 16.3 Å². The van der Waals surface area contributed by atoms with Crippen molar-refractivity contribution in [2.24, 2.45) is 0 Å². The summed E-state index contributed by atoms with van der Waals surface area (Å²) in [6.07, 6.45) is -5.25. The van der Waals surface area contributed by atoms with E-state index in [0.717, 1.165) is 18.2 Å². The summed E-state index contributed by atoms with van der Waals surface area (Å²) in [7, 11) is -2.98. The van der Waals surface area contributed by atoms with E-state index in [2.05, 4.69) is 0 Å². The summed E-state index contributed by atoms with van der Waals surface area (Å²) < 4.78 is 69.8. The van der Waals surface area contributed by atoms with Gasteiger partial charge in [0.1, 0.15) is 5.75 Å². The molecule has 1 atom stereocenters. The van der Waals surface area contributed by atoms with Gasteiger partial charge in [0.15, 0.2) is 0 Å². The van der Waals surface area contributed by atoms with Crippen molar-refractivity contribution < 1.29 is 41.0 Å². The third kappa shape index (κ3) is 5.46. The zero-order valence-corrected chi connectivity index (χ0v) is 17.5. The molecule has 0 saturated heterocycles. The molecule has 8 nitrogen and oxygen atoms in total. The Hall–Kier alpha value is -2.83. The number of aliphatic hydroxyl groups is 1. The minimum absolute atomic E-state index is 0.0220. The number of ether oxygens (including phenoxy) is 1. The molecule has 0 heterocycles. The van der Waals surface area contributed by atoms with Gasteiger partial charge in [0.25, 0.3) is 21.8 Å². The molecule has 0 saturated carbocycles. The number of carbonyl (C=O) groups is 2. The average Bonchev–Trinajstić information content (AvgIpc) is 2.68. The molecular weight excluding hydrogens is 465 g/mol. The molecule has 168 valence electrons. The molecule has 2 rings (SSSR count). The van der Waals surface area contributed by atoms with Crippen molar-refractivity contribution in [2.75, 3.05) is 12.4 Å². The fourth-order valence-electron chi connectivity index (χ4n) is 2.12. The molecule has 1 unspecified atom stereocenters. The standard InChI is InChI=1S/C18H16ClF3N2O6S/c1-17(27,18(20,21)22)16(26)23-14-8-7-12(9-13(14)19)31(28,29)24-15(25)10-3-5-11(30-2)6-4-10/h3-9,27H,1-2H3,(H,23,26)(H,24,25). The Morgan fingerprint density at radius 1 is 1.10 bits per heavy atom. The van der Waals surface area contributed by atoms with Gasteiger partial charge in [-0.25, -0.2) is 13.1 Å². The summed E-state index contributed by atoms with van der Waals surface area (Å²) in [6, 6.07) is 8.22. The van der Waals surface area contributed by atoms with Gasteiger partial charge in [0.05, 0.1) is 22.7 Å². The molecule has 0 fully saturated rings. The van der Waals surface area contributed by atoms with E-state index in [1.807, 2.05) is 4.72 Å². The molecule has 0 aliphatic carbocycles. The molecule has 0 spiro atoms. The first-order chi connectivity index (χ1) is 14.2. The molecule has 0 aliphatic rings. The van der Waals surface area contributed by atoms with Crippen molar-refractivity contribution in [3.8, 4) is 5.75 Å². The molecule has 3 N–H and O–H groups in total. The predicted octanol–water partition coefficient (Wildman–Crippen LogP) is 2.72. The number of methoxy groups -OCH3 is 1. The summed E-state index contributed by atoms with van der Waals surface area (Å²) in [6.45, 7) is 0.254. The number of hydrogen-bond donors (Lipinski definition) is 3. The van der Waals surface area contributed by atoms with Gasteiger partial charge in [-0.1, -0.05) is 11.6 Å². The molecular formula is C18H16ClF3N2O6S. The number of carbonyl (C=O) groups excluding carboxylic acids is 2. The van der Waals surface area contributed by atoms with E-state index in [0.29, 0.717) is 5.75 Å². The Bertz CT molecular complexity index is 1100. The Morgan fingerprint density at radius 2 is 1.68 bits per heavy atom. The van der Waals surface area contributed by atoms with Crippen molar-refractivity contribution in [3.63, 3.8) is 0 Å². The lowest BCUT2D eigenvalue weighted by atomic mass is 10.1. The average molecular weight is 481 g/mol. The first-order valence-electron chi connectivity index (χ1n) is 8.30. The van der Waals surface area contributed by atoms with Crippen LogP contribution in [0.2, 0.25) is 5.02 Å². The fraction of sp³-hybridized carbons (Fsp3) is 0.222. The number of halogens is 4. The van der Waals surface area contributed by atoms with Crippen LogP contribution in [0.4, 0.5) is 18.9 Å². The van der Waals surface area contributed by atoms with E-state index in [-0.39, 0.29) is 18.2 Å². The Balaban J connectivity index is 2.20. The van der Waals surface area contributed by atoms with Gasteiger partial charge < -0.3 is 15.2 Å². The van der Waals surface area contributed by atoms with Crippen molar-refractivity contribution in [2.45, 2.75) is 23.6 Å². The van der Waals surface area contributed by atoms with Gasteiger partial charge in [-0.3, -0.25) is 9.59 Å². The number of amides is 2. The van der Waals surface area contributed by atoms with Crippen molar-refractivity contribution in [1.82, 2.24) is 4.72 Å². The minimum atomic E-state index is -5.25. The Kier molecular flexibility index (Phi) is 6.88. The lowest BCUT2D eigenvalue weighted by Gasteiger charge is -2.25. The van der Waals surface area contributed by atoms with Crippen LogP contribution in [-0.4, -0.2) is 44.2 Å². The number of benzene rings is 2. The maximum absolute atomic E-state index is 12.7. The molecule has 0 aliphatic heterocycles. The summed E-state index contributed by atoms with van der Waals surface area (Å²) in [5.41, 5.74) is -4.06. The molecule has 0 bridgehead atoms. The first-order valence-corrected chi connectivity index (χ1v) is 10.2. The van der Waals surface area contributed by atoms with E-state index < -0.39 is 43.5 Å². The smallest absolute Gasteiger partial charge is 0.426 e. The SMILES string of the molecule is COc1ccc(C(=O)NS(=O)(=O)c2ccc(NC(=O)C(C)(O)C(F)(F)F)c(Cl)c2)cc1. The molecule has 31 heavy (non-hydrogen) atoms. The third-order valence-electron chi connectivity index (χ3n) is 4.07. The van der Waals surface area contributed by atoms with E-state index in [1.54, 1.807) is 5.32 Å². The Labute approximate surface area is 180 Å². The molecule has 2 amide bonds. The highest BCUT2D eigenvalue weighted by molar-refractivity contribution is 7.90. The van der Waals surface area contributed by atoms with Gasteiger partial charge in [-0.2, -0.15) is 13.2 Å². The van der Waals surface area contributed by atoms with Crippen LogP contribution < -0.4 is 14.8 Å². The van der Waals surface area contributed by atoms with Crippen LogP contribution in [0.25, 0.3) is 0 Å². The fourth-order valence-corrected chi connectivity index (χ4v) is 3.41. The molecule has 2 aromatic rings. The van der Waals surface area contributed by atoms with E-state index >= 15 is 0 Å². The quantitative estimate of drug-likeness (QED) is 0.584. The molecule has 0 aromatic heterocycles. The second-order valence-corrected chi connectivity index (χ2v) is 8.42. The maximum Gasteiger partial charge on any atom is 0.426 e. The number of alkyl halides is 3. The molecule has 0 radical (unpaired) electrons. The van der Waals surface area contributed by atoms with Gasteiger partial charge in [-0.05, 0) is 49.4 Å². The van der Waals surface area contributed by atoms with E-state index in [9.17, 15) is 36.3 Å². The van der Waals surface area contributed by atoms with Gasteiger partial charge >= 0.3 is 6.18 Å². The number of hydrogen-bond acceptors (Lipinski definition) is 6. The van der Waals surface area contributed by atoms with Gasteiger partial charge in [-0.15, -0.1) is 0 Å². The second-order valence-electron chi connectivity index (χ2n) is 6.33. The largest absolute Gasteiger partial charge is 0.497 e. The Morgan fingerprint density at radius 3 is 2.16 bits per heavy atom. The topological polar surface area (TPSA) is 122 Å². The highest BCUT2D eigenvalue weighted by Gasteiger charge is 2.55. The summed E-state index contributed by atoms with van der Waals surface area (Å²) >= 11 is 5.86. The number of nitrogens with one attached hydrogen (secondary N) is 2. The third-order valence-corrected chi connectivity index (χ3v) is 5.71. The number of rotatable bonds is 6. The number of anilines is 1. The second kappa shape index (κ2) is 8.73. The van der Waals surface area contributed by atoms with Gasteiger partial charge in [0.2, 0.25) is 5.60 Å². The monoisotopic (exact) mass is 480 g/mol. The highest BCUT2D eigenvalue weighted by atomic mass is 35.5. The summed E-state index contributed by atoms with van der Waals surface area (Å²) in [5.74, 6) is -2.31. The lowest BCUT2D eigenvalue weighted by molar-refractivity contribution is -0.242. The van der Waals surface area contributed by atoms with Gasteiger partial charge in [0, 0.05) is 5.56 Å². The molecule has 2 aromatic carbocycles. The van der Waals surface area contributed by atoms with Crippen LogP contribution >= 0.6 is 11.6 Å². The van der Waals surface area contributed by atoms with Crippen LogP contribution in [-0.2, 0) is 14.8 Å². The van der Waals surface area contributed by atoms with Crippen LogP contribution in [0, 0.1) is 0 Å². The summed E-state index contributed by atoms with van der Waals surface area (Å²) in [4.78, 5) is 23.4. The van der Waals surface area contributed by atoms with Crippen LogP contribution in [0.1, 0.15) is 17.3 Å². The lowest BCUT2D eigenvalue weighted by Crippen LogP contribution is -2.52. The number of sulfonamides is 1. The van der Waals surface area contributed by atoms with Crippen LogP contribution in [0.15, 0.2) is 47.4 Å². The summed E-state index contributed by atoms with van der Waals surface area (Å²) in [5, 5.41) is 10.7. The normalized spacial score (nSPS) is 13.8. The maximum atomic E-state index is 12.7. The van der Waals surface area contributed by atoms with E-state index in [1.165, 1.54) is 31.4 Å². The zero-order valence-electron chi connectivity index (χ0n) is 16.0. The van der Waals surface area contributed by atoms with Crippen molar-refractivity contribution in [3.05, 3.63) is 53.1 Å². The molecule has 13 heteroatoms. The highest BCUT2D eigenvalue weighted by Crippen LogP contribution is 2.32. The van der Waals surface area contributed by atoms with Crippen LogP contribution in [0.3, 0.4) is 0 Å². The predicted molar refractivity (Wildman–Crippen MR) is 104 cm³/mol. The first kappa shape index (κ1) is 24.4. The van der Waals surface area contributed by atoms with Crippen LogP contribution in [0.5, 0.6) is 5.75 Å². The van der Waals surface area contributed by atoms with Crippen molar-refractivity contribution in [1.29, 1.82) is 0 Å².